The van der Waals surface area contributed by atoms with Crippen LogP contribution in [0.15, 0.2) is 18.2 Å². The molecule has 116 valence electrons. The first kappa shape index (κ1) is 17.0. The van der Waals surface area contributed by atoms with E-state index < -0.39 is 5.97 Å². The van der Waals surface area contributed by atoms with E-state index in [0.717, 1.165) is 5.56 Å². The summed E-state index contributed by atoms with van der Waals surface area (Å²) in [7, 11) is 4.39. The number of hydrogen-bond donors (Lipinski definition) is 0. The number of carbonyl (C=O) groups is 2. The minimum absolute atomic E-state index is 0.183. The van der Waals surface area contributed by atoms with Gasteiger partial charge in [0.2, 0.25) is 0 Å². The zero-order valence-electron chi connectivity index (χ0n) is 12.5. The molecule has 1 rings (SSSR count). The molecule has 0 fully saturated rings. The van der Waals surface area contributed by atoms with Crippen molar-refractivity contribution >= 4 is 11.8 Å². The second-order valence-corrected chi connectivity index (χ2v) is 4.28. The minimum atomic E-state index is -0.528. The van der Waals surface area contributed by atoms with E-state index in [1.54, 1.807) is 20.3 Å². The third kappa shape index (κ3) is 5.83. The number of benzene rings is 1. The minimum Gasteiger partial charge on any atom is -0.493 e. The zero-order valence-corrected chi connectivity index (χ0v) is 12.5. The molecular weight excluding hydrogens is 276 g/mol. The van der Waals surface area contributed by atoms with Gasteiger partial charge in [0.25, 0.3) is 0 Å². The number of ether oxygens (including phenoxy) is 4. The molecule has 0 aromatic heterocycles. The van der Waals surface area contributed by atoms with Crippen molar-refractivity contribution in [1.82, 2.24) is 0 Å². The Kier molecular flexibility index (Phi) is 7.25. The standard InChI is InChI=1S/C15H20O6/c1-18-13-5-4-11(8-14(13)19-2)10-21-7-6-12(16)9-15(17)20-3/h4-5,8H,6-7,9-10H2,1-3H3. The fourth-order valence-electron chi connectivity index (χ4n) is 1.67. The smallest absolute Gasteiger partial charge is 0.313 e. The third-order valence-electron chi connectivity index (χ3n) is 2.81. The molecule has 6 heteroatoms. The van der Waals surface area contributed by atoms with Crippen molar-refractivity contribution in [2.75, 3.05) is 27.9 Å². The molecule has 1 aromatic carbocycles. The molecule has 6 nitrogen and oxygen atoms in total. The van der Waals surface area contributed by atoms with E-state index in [9.17, 15) is 9.59 Å². The molecule has 21 heavy (non-hydrogen) atoms. The summed E-state index contributed by atoms with van der Waals surface area (Å²) < 4.78 is 20.2. The first-order chi connectivity index (χ1) is 10.1. The second-order valence-electron chi connectivity index (χ2n) is 4.28. The fraction of sp³-hybridized carbons (Fsp3) is 0.467. The maximum atomic E-state index is 11.4. The van der Waals surface area contributed by atoms with Crippen LogP contribution in [0, 0.1) is 0 Å². The summed E-state index contributed by atoms with van der Waals surface area (Å²) >= 11 is 0. The van der Waals surface area contributed by atoms with Gasteiger partial charge in [0.15, 0.2) is 11.5 Å². The van der Waals surface area contributed by atoms with Gasteiger partial charge in [-0.15, -0.1) is 0 Å². The normalized spacial score (nSPS) is 10.0. The molecule has 0 unspecified atom stereocenters. The highest BCUT2D eigenvalue weighted by atomic mass is 16.5. The van der Waals surface area contributed by atoms with E-state index in [2.05, 4.69) is 4.74 Å². The maximum Gasteiger partial charge on any atom is 0.313 e. The van der Waals surface area contributed by atoms with Crippen molar-refractivity contribution in [1.29, 1.82) is 0 Å². The van der Waals surface area contributed by atoms with E-state index in [1.165, 1.54) is 7.11 Å². The van der Waals surface area contributed by atoms with Gasteiger partial charge in [0, 0.05) is 6.42 Å². The lowest BCUT2D eigenvalue weighted by atomic mass is 10.2. The van der Waals surface area contributed by atoms with Gasteiger partial charge in [-0.1, -0.05) is 6.07 Å². The predicted octanol–water partition coefficient (Wildman–Crippen LogP) is 1.74. The Morgan fingerprint density at radius 3 is 2.38 bits per heavy atom. The Balaban J connectivity index is 2.36. The van der Waals surface area contributed by atoms with E-state index in [1.807, 2.05) is 12.1 Å². The lowest BCUT2D eigenvalue weighted by molar-refractivity contribution is -0.143. The fourth-order valence-corrected chi connectivity index (χ4v) is 1.67. The number of carbonyl (C=O) groups excluding carboxylic acids is 2. The van der Waals surface area contributed by atoms with E-state index >= 15 is 0 Å². The van der Waals surface area contributed by atoms with Gasteiger partial charge in [0.1, 0.15) is 12.2 Å². The third-order valence-corrected chi connectivity index (χ3v) is 2.81. The highest BCUT2D eigenvalue weighted by molar-refractivity contribution is 5.95. The van der Waals surface area contributed by atoms with Crippen molar-refractivity contribution < 1.29 is 28.5 Å². The lowest BCUT2D eigenvalue weighted by Gasteiger charge is -2.09. The predicted molar refractivity (Wildman–Crippen MR) is 75.5 cm³/mol. The van der Waals surface area contributed by atoms with Crippen LogP contribution in [0.2, 0.25) is 0 Å². The van der Waals surface area contributed by atoms with Gasteiger partial charge < -0.3 is 18.9 Å². The number of ketones is 1. The molecule has 0 N–H and O–H groups in total. The molecule has 0 amide bonds. The SMILES string of the molecule is COC(=O)CC(=O)CCOCc1ccc(OC)c(OC)c1. The van der Waals surface area contributed by atoms with Crippen molar-refractivity contribution in [2.45, 2.75) is 19.4 Å². The summed E-state index contributed by atoms with van der Waals surface area (Å²) in [4.78, 5) is 22.3. The quantitative estimate of drug-likeness (QED) is 0.393. The average Bonchev–Trinajstić information content (AvgIpc) is 2.51. The van der Waals surface area contributed by atoms with Gasteiger partial charge in [0.05, 0.1) is 34.5 Å². The van der Waals surface area contributed by atoms with Crippen LogP contribution >= 0.6 is 0 Å². The zero-order chi connectivity index (χ0) is 15.7. The number of Topliss-reactive ketones (excluding diaryl/α,β-unsaturated/α-hetero) is 1. The molecule has 0 aliphatic heterocycles. The Bertz CT molecular complexity index is 483. The first-order valence-corrected chi connectivity index (χ1v) is 6.47. The molecule has 1 aromatic rings. The van der Waals surface area contributed by atoms with Crippen LogP contribution in [0.25, 0.3) is 0 Å². The van der Waals surface area contributed by atoms with Crippen molar-refractivity contribution in [3.8, 4) is 11.5 Å². The van der Waals surface area contributed by atoms with Crippen LogP contribution in [-0.2, 0) is 25.7 Å². The van der Waals surface area contributed by atoms with Crippen molar-refractivity contribution in [3.63, 3.8) is 0 Å². The number of hydrogen-bond acceptors (Lipinski definition) is 6. The highest BCUT2D eigenvalue weighted by Crippen LogP contribution is 2.27. The summed E-state index contributed by atoms with van der Waals surface area (Å²) in [5.74, 6) is 0.545. The van der Waals surface area contributed by atoms with E-state index in [0.29, 0.717) is 18.1 Å². The molecule has 0 saturated heterocycles. The maximum absolute atomic E-state index is 11.4. The van der Waals surface area contributed by atoms with Crippen LogP contribution in [0.3, 0.4) is 0 Å². The van der Waals surface area contributed by atoms with Crippen LogP contribution in [0.4, 0.5) is 0 Å². The molecule has 0 saturated carbocycles. The Hall–Kier alpha value is -2.08. The monoisotopic (exact) mass is 296 g/mol. The Morgan fingerprint density at radius 1 is 1.05 bits per heavy atom. The summed E-state index contributed by atoms with van der Waals surface area (Å²) in [6.45, 7) is 0.607. The first-order valence-electron chi connectivity index (χ1n) is 6.47. The summed E-state index contributed by atoms with van der Waals surface area (Å²) in [5.41, 5.74) is 0.910. The Morgan fingerprint density at radius 2 is 1.76 bits per heavy atom. The summed E-state index contributed by atoms with van der Waals surface area (Å²) in [6, 6.07) is 5.46. The van der Waals surface area contributed by atoms with Gasteiger partial charge >= 0.3 is 5.97 Å². The molecule has 0 aliphatic carbocycles. The molecule has 0 aliphatic rings. The molecular formula is C15H20O6. The average molecular weight is 296 g/mol. The van der Waals surface area contributed by atoms with Gasteiger partial charge in [-0.05, 0) is 17.7 Å². The van der Waals surface area contributed by atoms with Crippen LogP contribution in [0.5, 0.6) is 11.5 Å². The Labute approximate surface area is 123 Å². The van der Waals surface area contributed by atoms with Crippen LogP contribution < -0.4 is 9.47 Å². The molecule has 0 bridgehead atoms. The van der Waals surface area contributed by atoms with E-state index in [4.69, 9.17) is 14.2 Å². The van der Waals surface area contributed by atoms with Crippen molar-refractivity contribution in [3.05, 3.63) is 23.8 Å². The van der Waals surface area contributed by atoms with Gasteiger partial charge in [-0.25, -0.2) is 0 Å². The lowest BCUT2D eigenvalue weighted by Crippen LogP contribution is -2.11. The van der Waals surface area contributed by atoms with Crippen LogP contribution in [-0.4, -0.2) is 39.7 Å². The molecule has 0 atom stereocenters. The largest absolute Gasteiger partial charge is 0.493 e. The summed E-state index contributed by atoms with van der Waals surface area (Å²) in [6.07, 6.45) is -0.0292. The van der Waals surface area contributed by atoms with Crippen LogP contribution in [0.1, 0.15) is 18.4 Å². The molecule has 0 heterocycles. The summed E-state index contributed by atoms with van der Waals surface area (Å²) in [5, 5.41) is 0. The number of esters is 1. The molecule has 0 radical (unpaired) electrons. The van der Waals surface area contributed by atoms with Crippen molar-refractivity contribution in [2.24, 2.45) is 0 Å². The second kappa shape index (κ2) is 8.97. The highest BCUT2D eigenvalue weighted by Gasteiger charge is 2.09. The topological polar surface area (TPSA) is 71.1 Å². The van der Waals surface area contributed by atoms with Gasteiger partial charge in [-0.2, -0.15) is 0 Å². The van der Waals surface area contributed by atoms with Gasteiger partial charge in [-0.3, -0.25) is 9.59 Å². The number of methoxy groups -OCH3 is 3. The van der Waals surface area contributed by atoms with E-state index in [-0.39, 0.29) is 25.2 Å². The number of rotatable bonds is 9. The molecule has 0 spiro atoms.